The van der Waals surface area contributed by atoms with Crippen LogP contribution in [0.25, 0.3) is 11.0 Å². The summed E-state index contributed by atoms with van der Waals surface area (Å²) in [4.78, 5) is 28.1. The fourth-order valence-electron chi connectivity index (χ4n) is 3.00. The summed E-state index contributed by atoms with van der Waals surface area (Å²) in [6.45, 7) is 5.39. The average molecular weight is 367 g/mol. The summed E-state index contributed by atoms with van der Waals surface area (Å²) in [5.74, 6) is -0.159. The minimum atomic E-state index is -3.06. The number of amides is 1. The van der Waals surface area contributed by atoms with Crippen LogP contribution in [0.2, 0.25) is 0 Å². The van der Waals surface area contributed by atoms with E-state index >= 15 is 0 Å². The Hall–Kier alpha value is -2.23. The van der Waals surface area contributed by atoms with Gasteiger partial charge in [0, 0.05) is 5.54 Å². The van der Waals surface area contributed by atoms with Crippen molar-refractivity contribution in [1.82, 2.24) is 24.6 Å². The lowest BCUT2D eigenvalue weighted by Gasteiger charge is -2.20. The SMILES string of the molecule is CC(C)(C)NC(=O)Cn1c(=O)ncc2c1cnn2C1CCS(=O)(=O)C1. The summed E-state index contributed by atoms with van der Waals surface area (Å²) in [7, 11) is -3.06. The molecule has 1 atom stereocenters. The lowest BCUT2D eigenvalue weighted by atomic mass is 10.1. The van der Waals surface area contributed by atoms with Gasteiger partial charge in [-0.05, 0) is 27.2 Å². The molecule has 0 spiro atoms. The average Bonchev–Trinajstić information content (AvgIpc) is 3.03. The van der Waals surface area contributed by atoms with Gasteiger partial charge >= 0.3 is 5.69 Å². The lowest BCUT2D eigenvalue weighted by Crippen LogP contribution is -2.43. The number of fused-ring (bicyclic) bond motifs is 1. The fourth-order valence-corrected chi connectivity index (χ4v) is 4.69. The number of hydrogen-bond donors (Lipinski definition) is 1. The number of sulfone groups is 1. The van der Waals surface area contributed by atoms with E-state index in [2.05, 4.69) is 15.4 Å². The van der Waals surface area contributed by atoms with E-state index in [1.807, 2.05) is 20.8 Å². The van der Waals surface area contributed by atoms with Crippen LogP contribution in [0.5, 0.6) is 0 Å². The Kier molecular flexibility index (Phi) is 4.18. The largest absolute Gasteiger partial charge is 0.350 e. The Morgan fingerprint density at radius 1 is 1.32 bits per heavy atom. The molecular formula is C15H21N5O4S. The minimum absolute atomic E-state index is 0.0212. The summed E-state index contributed by atoms with van der Waals surface area (Å²) in [5.41, 5.74) is 0.0542. The number of aromatic nitrogens is 4. The molecule has 0 aromatic carbocycles. The number of hydrogen-bond acceptors (Lipinski definition) is 6. The van der Waals surface area contributed by atoms with Gasteiger partial charge in [-0.15, -0.1) is 0 Å². The zero-order valence-electron chi connectivity index (χ0n) is 14.4. The van der Waals surface area contributed by atoms with E-state index in [1.54, 1.807) is 4.68 Å². The Bertz CT molecular complexity index is 983. The molecule has 10 heteroatoms. The predicted octanol–water partition coefficient (Wildman–Crippen LogP) is -0.133. The number of nitrogens with one attached hydrogen (secondary N) is 1. The highest BCUT2D eigenvalue weighted by atomic mass is 32.2. The second-order valence-electron chi connectivity index (χ2n) is 7.34. The van der Waals surface area contributed by atoms with Gasteiger partial charge < -0.3 is 5.32 Å². The number of carbonyl (C=O) groups excluding carboxylic acids is 1. The summed E-state index contributed by atoms with van der Waals surface area (Å²) in [6, 6.07) is -0.279. The molecule has 0 bridgehead atoms. The molecule has 3 heterocycles. The molecule has 3 rings (SSSR count). The molecule has 0 aliphatic carbocycles. The van der Waals surface area contributed by atoms with Crippen molar-refractivity contribution < 1.29 is 13.2 Å². The third kappa shape index (κ3) is 3.73. The highest BCUT2D eigenvalue weighted by Crippen LogP contribution is 2.26. The van der Waals surface area contributed by atoms with Crippen LogP contribution in [0.15, 0.2) is 17.2 Å². The molecule has 1 N–H and O–H groups in total. The van der Waals surface area contributed by atoms with Gasteiger partial charge in [-0.3, -0.25) is 14.0 Å². The van der Waals surface area contributed by atoms with Gasteiger partial charge in [0.15, 0.2) is 9.84 Å². The molecule has 1 fully saturated rings. The van der Waals surface area contributed by atoms with Gasteiger partial charge in [0.1, 0.15) is 12.1 Å². The van der Waals surface area contributed by atoms with Crippen molar-refractivity contribution in [3.8, 4) is 0 Å². The van der Waals surface area contributed by atoms with Crippen molar-refractivity contribution in [3.63, 3.8) is 0 Å². The zero-order valence-corrected chi connectivity index (χ0v) is 15.2. The van der Waals surface area contributed by atoms with Crippen LogP contribution < -0.4 is 11.0 Å². The number of nitrogens with zero attached hydrogens (tertiary/aromatic N) is 4. The third-order valence-electron chi connectivity index (χ3n) is 4.00. The first-order valence-electron chi connectivity index (χ1n) is 8.00. The number of carbonyl (C=O) groups is 1. The van der Waals surface area contributed by atoms with Crippen LogP contribution in [-0.4, -0.2) is 50.7 Å². The van der Waals surface area contributed by atoms with Crippen molar-refractivity contribution >= 4 is 26.8 Å². The first-order valence-corrected chi connectivity index (χ1v) is 9.82. The third-order valence-corrected chi connectivity index (χ3v) is 5.75. The van der Waals surface area contributed by atoms with E-state index in [0.717, 1.165) is 0 Å². The monoisotopic (exact) mass is 367 g/mol. The molecule has 2 aromatic rings. The molecule has 1 unspecified atom stereocenters. The van der Waals surface area contributed by atoms with Crippen molar-refractivity contribution in [1.29, 1.82) is 0 Å². The first-order chi connectivity index (χ1) is 11.6. The van der Waals surface area contributed by atoms with E-state index < -0.39 is 21.1 Å². The van der Waals surface area contributed by atoms with Crippen LogP contribution in [0.3, 0.4) is 0 Å². The Labute approximate surface area is 145 Å². The van der Waals surface area contributed by atoms with E-state index in [0.29, 0.717) is 17.5 Å². The van der Waals surface area contributed by atoms with Crippen LogP contribution in [0.4, 0.5) is 0 Å². The first kappa shape index (κ1) is 17.6. The van der Waals surface area contributed by atoms with E-state index in [-0.39, 0.29) is 30.0 Å². The topological polar surface area (TPSA) is 116 Å². The van der Waals surface area contributed by atoms with Crippen molar-refractivity contribution in [2.45, 2.75) is 45.3 Å². The Morgan fingerprint density at radius 3 is 2.64 bits per heavy atom. The van der Waals surface area contributed by atoms with Crippen molar-refractivity contribution in [2.75, 3.05) is 11.5 Å². The van der Waals surface area contributed by atoms with Gasteiger partial charge in [-0.1, -0.05) is 0 Å². The van der Waals surface area contributed by atoms with Gasteiger partial charge in [0.25, 0.3) is 0 Å². The molecule has 2 aromatic heterocycles. The molecule has 1 aliphatic rings. The predicted molar refractivity (Wildman–Crippen MR) is 92.0 cm³/mol. The maximum atomic E-state index is 12.2. The summed E-state index contributed by atoms with van der Waals surface area (Å²) in [6.07, 6.45) is 3.34. The molecule has 1 amide bonds. The molecule has 1 saturated heterocycles. The second kappa shape index (κ2) is 5.94. The Morgan fingerprint density at radius 2 is 2.04 bits per heavy atom. The molecule has 1 aliphatic heterocycles. The van der Waals surface area contributed by atoms with Crippen LogP contribution in [-0.2, 0) is 21.2 Å². The molecular weight excluding hydrogens is 346 g/mol. The van der Waals surface area contributed by atoms with E-state index in [9.17, 15) is 18.0 Å². The van der Waals surface area contributed by atoms with Gasteiger partial charge in [0.05, 0.1) is 35.5 Å². The molecule has 136 valence electrons. The van der Waals surface area contributed by atoms with E-state index in [1.165, 1.54) is 17.0 Å². The summed E-state index contributed by atoms with van der Waals surface area (Å²) >= 11 is 0. The highest BCUT2D eigenvalue weighted by molar-refractivity contribution is 7.91. The zero-order chi connectivity index (χ0) is 18.4. The normalized spacial score (nSPS) is 20.0. The standard InChI is InChI=1S/C15H21N5O4S/c1-15(2,3)18-13(21)8-19-11-7-17-20(12(11)6-16-14(19)22)10-4-5-25(23,24)9-10/h6-7,10H,4-5,8-9H2,1-3H3,(H,18,21). The Balaban J connectivity index is 1.96. The number of rotatable bonds is 3. The van der Waals surface area contributed by atoms with Crippen molar-refractivity contribution in [3.05, 3.63) is 22.9 Å². The summed E-state index contributed by atoms with van der Waals surface area (Å²) < 4.78 is 26.3. The smallest absolute Gasteiger partial charge is 0.348 e. The molecule has 9 nitrogen and oxygen atoms in total. The quantitative estimate of drug-likeness (QED) is 0.808. The summed E-state index contributed by atoms with van der Waals surface area (Å²) in [5, 5.41) is 7.05. The van der Waals surface area contributed by atoms with Crippen LogP contribution >= 0.6 is 0 Å². The van der Waals surface area contributed by atoms with Crippen LogP contribution in [0, 0.1) is 0 Å². The van der Waals surface area contributed by atoms with Crippen molar-refractivity contribution in [2.24, 2.45) is 0 Å². The molecule has 0 saturated carbocycles. The maximum Gasteiger partial charge on any atom is 0.348 e. The van der Waals surface area contributed by atoms with Gasteiger partial charge in [-0.2, -0.15) is 10.1 Å². The van der Waals surface area contributed by atoms with Gasteiger partial charge in [0.2, 0.25) is 5.91 Å². The minimum Gasteiger partial charge on any atom is -0.350 e. The maximum absolute atomic E-state index is 12.2. The van der Waals surface area contributed by atoms with E-state index in [4.69, 9.17) is 0 Å². The van der Waals surface area contributed by atoms with Crippen LogP contribution in [0.1, 0.15) is 33.2 Å². The van der Waals surface area contributed by atoms with Gasteiger partial charge in [-0.25, -0.2) is 13.2 Å². The lowest BCUT2D eigenvalue weighted by molar-refractivity contribution is -0.123. The fraction of sp³-hybridized carbons (Fsp3) is 0.600. The highest BCUT2D eigenvalue weighted by Gasteiger charge is 2.31. The molecule has 0 radical (unpaired) electrons. The molecule has 25 heavy (non-hydrogen) atoms. The second-order valence-corrected chi connectivity index (χ2v) is 9.57.